The molecule has 0 aliphatic rings. The first-order chi connectivity index (χ1) is 12.2. The summed E-state index contributed by atoms with van der Waals surface area (Å²) in [6.45, 7) is 5.84. The number of pyridine rings is 1. The van der Waals surface area contributed by atoms with Gasteiger partial charge in [0.15, 0.2) is 0 Å². The van der Waals surface area contributed by atoms with Gasteiger partial charge in [0.25, 0.3) is 5.91 Å². The first-order valence-electron chi connectivity index (χ1n) is 8.16. The highest BCUT2D eigenvalue weighted by Crippen LogP contribution is 2.20. The Morgan fingerprint density at radius 3 is 2.58 bits per heavy atom. The molecule has 1 atom stereocenters. The fourth-order valence-electron chi connectivity index (χ4n) is 2.03. The minimum absolute atomic E-state index is 0.186. The number of aromatic nitrogens is 1. The van der Waals surface area contributed by atoms with Crippen molar-refractivity contribution in [2.75, 3.05) is 0 Å². The summed E-state index contributed by atoms with van der Waals surface area (Å²) in [5.74, 6) is -0.780. The van der Waals surface area contributed by atoms with Crippen LogP contribution in [0.2, 0.25) is 0 Å². The summed E-state index contributed by atoms with van der Waals surface area (Å²) in [5, 5.41) is 11.8. The molecule has 0 saturated carbocycles. The first-order valence-corrected chi connectivity index (χ1v) is 8.16. The number of aliphatic carboxylic acids is 1. The fourth-order valence-corrected chi connectivity index (χ4v) is 2.03. The van der Waals surface area contributed by atoms with Crippen molar-refractivity contribution >= 4 is 11.9 Å². The van der Waals surface area contributed by atoms with Gasteiger partial charge < -0.3 is 15.2 Å². The van der Waals surface area contributed by atoms with Crippen LogP contribution in [0.25, 0.3) is 0 Å². The molecule has 1 aromatic carbocycles. The van der Waals surface area contributed by atoms with Crippen LogP contribution in [0, 0.1) is 5.41 Å². The molecule has 6 nitrogen and oxygen atoms in total. The SMILES string of the molecule is CC(C)(C)/C=C/C(NC(=O)c1cccc(Oc2ccccn2)c1)C(=O)O. The van der Waals surface area contributed by atoms with Crippen molar-refractivity contribution < 1.29 is 19.4 Å². The van der Waals surface area contributed by atoms with Gasteiger partial charge in [0, 0.05) is 17.8 Å². The Bertz CT molecular complexity index is 795. The molecule has 136 valence electrons. The number of ether oxygens (including phenoxy) is 1. The molecular weight excluding hydrogens is 332 g/mol. The summed E-state index contributed by atoms with van der Waals surface area (Å²) in [6.07, 6.45) is 4.84. The van der Waals surface area contributed by atoms with Gasteiger partial charge in [-0.15, -0.1) is 0 Å². The first kappa shape index (κ1) is 19.2. The third-order valence-corrected chi connectivity index (χ3v) is 3.30. The van der Waals surface area contributed by atoms with Crippen LogP contribution in [0.15, 0.2) is 60.8 Å². The molecular formula is C20H22N2O4. The third kappa shape index (κ3) is 6.05. The number of carboxylic acids is 1. The van der Waals surface area contributed by atoms with Crippen LogP contribution in [0.5, 0.6) is 11.6 Å². The fraction of sp³-hybridized carbons (Fsp3) is 0.250. The van der Waals surface area contributed by atoms with E-state index in [0.717, 1.165) is 0 Å². The van der Waals surface area contributed by atoms with E-state index in [2.05, 4.69) is 10.3 Å². The zero-order valence-electron chi connectivity index (χ0n) is 15.0. The van der Waals surface area contributed by atoms with Gasteiger partial charge in [0.1, 0.15) is 11.8 Å². The van der Waals surface area contributed by atoms with Crippen molar-refractivity contribution in [3.63, 3.8) is 0 Å². The van der Waals surface area contributed by atoms with Gasteiger partial charge in [0.05, 0.1) is 0 Å². The highest BCUT2D eigenvalue weighted by Gasteiger charge is 2.19. The van der Waals surface area contributed by atoms with Crippen LogP contribution in [-0.4, -0.2) is 28.0 Å². The molecule has 26 heavy (non-hydrogen) atoms. The number of nitrogens with zero attached hydrogens (tertiary/aromatic N) is 1. The van der Waals surface area contributed by atoms with Crippen LogP contribution in [0.3, 0.4) is 0 Å². The van der Waals surface area contributed by atoms with E-state index in [-0.39, 0.29) is 5.41 Å². The van der Waals surface area contributed by atoms with Crippen LogP contribution in [0.1, 0.15) is 31.1 Å². The lowest BCUT2D eigenvalue weighted by molar-refractivity contribution is -0.137. The summed E-state index contributed by atoms with van der Waals surface area (Å²) in [4.78, 5) is 27.9. The molecule has 6 heteroatoms. The average Bonchev–Trinajstić information content (AvgIpc) is 2.58. The predicted octanol–water partition coefficient (Wildman–Crippen LogP) is 3.66. The second-order valence-corrected chi connectivity index (χ2v) is 6.81. The van der Waals surface area contributed by atoms with E-state index in [1.165, 1.54) is 12.1 Å². The summed E-state index contributed by atoms with van der Waals surface area (Å²) in [5.41, 5.74) is 0.114. The van der Waals surface area contributed by atoms with E-state index in [1.54, 1.807) is 48.7 Å². The standard InChI is InChI=1S/C20H22N2O4/c1-20(2,3)11-10-16(19(24)25)22-18(23)14-7-6-8-15(13-14)26-17-9-4-5-12-21-17/h4-13,16H,1-3H3,(H,22,23)(H,24,25)/b11-10+. The van der Waals surface area contributed by atoms with E-state index in [1.807, 2.05) is 20.8 Å². The Morgan fingerprint density at radius 2 is 1.96 bits per heavy atom. The monoisotopic (exact) mass is 354 g/mol. The number of carbonyl (C=O) groups is 2. The lowest BCUT2D eigenvalue weighted by Gasteiger charge is -2.15. The van der Waals surface area contributed by atoms with Gasteiger partial charge in [0.2, 0.25) is 5.88 Å². The number of allylic oxidation sites excluding steroid dienone is 1. The minimum atomic E-state index is -1.13. The Balaban J connectivity index is 2.12. The van der Waals surface area contributed by atoms with Gasteiger partial charge in [-0.05, 0) is 29.7 Å². The molecule has 0 saturated heterocycles. The molecule has 1 heterocycles. The Morgan fingerprint density at radius 1 is 1.19 bits per heavy atom. The van der Waals surface area contributed by atoms with Crippen molar-refractivity contribution in [2.24, 2.45) is 5.41 Å². The van der Waals surface area contributed by atoms with Crippen molar-refractivity contribution in [1.29, 1.82) is 0 Å². The van der Waals surface area contributed by atoms with E-state index in [9.17, 15) is 14.7 Å². The van der Waals surface area contributed by atoms with Crippen molar-refractivity contribution in [2.45, 2.75) is 26.8 Å². The molecule has 0 aliphatic heterocycles. The smallest absolute Gasteiger partial charge is 0.330 e. The number of nitrogens with one attached hydrogen (secondary N) is 1. The second-order valence-electron chi connectivity index (χ2n) is 6.81. The van der Waals surface area contributed by atoms with E-state index >= 15 is 0 Å². The van der Waals surface area contributed by atoms with Gasteiger partial charge in [-0.3, -0.25) is 4.79 Å². The maximum Gasteiger partial charge on any atom is 0.330 e. The Labute approximate surface area is 152 Å². The molecule has 0 radical (unpaired) electrons. The summed E-state index contributed by atoms with van der Waals surface area (Å²) in [6, 6.07) is 10.6. The number of carboxylic acid groups (broad SMARTS) is 1. The number of hydrogen-bond donors (Lipinski definition) is 2. The largest absolute Gasteiger partial charge is 0.479 e. The predicted molar refractivity (Wildman–Crippen MR) is 98.2 cm³/mol. The lowest BCUT2D eigenvalue weighted by Crippen LogP contribution is -2.39. The van der Waals surface area contributed by atoms with Gasteiger partial charge >= 0.3 is 5.97 Å². The van der Waals surface area contributed by atoms with E-state index in [0.29, 0.717) is 17.2 Å². The number of carbonyl (C=O) groups excluding carboxylic acids is 1. The normalized spacial score (nSPS) is 12.6. The Kier molecular flexibility index (Phi) is 6.11. The van der Waals surface area contributed by atoms with Crippen LogP contribution in [-0.2, 0) is 4.79 Å². The number of amides is 1. The maximum absolute atomic E-state index is 12.4. The minimum Gasteiger partial charge on any atom is -0.479 e. The maximum atomic E-state index is 12.4. The highest BCUT2D eigenvalue weighted by molar-refractivity contribution is 5.97. The topological polar surface area (TPSA) is 88.5 Å². The summed E-state index contributed by atoms with van der Waals surface area (Å²) in [7, 11) is 0. The van der Waals surface area contributed by atoms with E-state index < -0.39 is 17.9 Å². The quantitative estimate of drug-likeness (QED) is 0.773. The molecule has 0 aliphatic carbocycles. The number of hydrogen-bond acceptors (Lipinski definition) is 4. The summed E-state index contributed by atoms with van der Waals surface area (Å²) < 4.78 is 5.59. The van der Waals surface area contributed by atoms with Crippen molar-refractivity contribution in [3.05, 3.63) is 66.4 Å². The molecule has 1 amide bonds. The highest BCUT2D eigenvalue weighted by atomic mass is 16.5. The van der Waals surface area contributed by atoms with E-state index in [4.69, 9.17) is 4.74 Å². The number of benzene rings is 1. The van der Waals surface area contributed by atoms with Gasteiger partial charge in [-0.1, -0.05) is 45.1 Å². The molecule has 1 aromatic heterocycles. The molecule has 0 fully saturated rings. The number of rotatable bonds is 6. The Hall–Kier alpha value is -3.15. The molecule has 2 aromatic rings. The molecule has 1 unspecified atom stereocenters. The zero-order valence-corrected chi connectivity index (χ0v) is 15.0. The van der Waals surface area contributed by atoms with Crippen LogP contribution < -0.4 is 10.1 Å². The third-order valence-electron chi connectivity index (χ3n) is 3.30. The summed E-state index contributed by atoms with van der Waals surface area (Å²) >= 11 is 0. The molecule has 0 bridgehead atoms. The molecule has 2 N–H and O–H groups in total. The van der Waals surface area contributed by atoms with Crippen molar-refractivity contribution in [1.82, 2.24) is 10.3 Å². The zero-order chi connectivity index (χ0) is 19.2. The second kappa shape index (κ2) is 8.29. The average molecular weight is 354 g/mol. The molecule has 0 spiro atoms. The van der Waals surface area contributed by atoms with Crippen LogP contribution >= 0.6 is 0 Å². The van der Waals surface area contributed by atoms with Crippen LogP contribution in [0.4, 0.5) is 0 Å². The lowest BCUT2D eigenvalue weighted by atomic mass is 9.95. The van der Waals surface area contributed by atoms with Gasteiger partial charge in [-0.2, -0.15) is 0 Å². The molecule has 2 rings (SSSR count). The van der Waals surface area contributed by atoms with Crippen molar-refractivity contribution in [3.8, 4) is 11.6 Å². The van der Waals surface area contributed by atoms with Gasteiger partial charge in [-0.25, -0.2) is 9.78 Å².